The molecule has 0 bridgehead atoms. The smallest absolute Gasteiger partial charge is 0.246 e. The first-order chi connectivity index (χ1) is 18.8. The van der Waals surface area contributed by atoms with Crippen molar-refractivity contribution in [3.8, 4) is 29.1 Å². The first-order valence-corrected chi connectivity index (χ1v) is 12.5. The Balaban J connectivity index is 1.50. The predicted octanol–water partition coefficient (Wildman–Crippen LogP) is 3.54. The molecule has 1 atom stereocenters. The number of para-hydroxylation sites is 1. The van der Waals surface area contributed by atoms with E-state index in [1.807, 2.05) is 55.4 Å². The molecule has 2 heterocycles. The number of carbonyl (C=O) groups is 1. The van der Waals surface area contributed by atoms with Crippen LogP contribution in [0.5, 0.6) is 23.0 Å². The third-order valence-corrected chi connectivity index (χ3v) is 6.00. The van der Waals surface area contributed by atoms with Gasteiger partial charge in [0.1, 0.15) is 46.3 Å². The molecule has 2 aromatic carbocycles. The van der Waals surface area contributed by atoms with Crippen molar-refractivity contribution in [1.29, 1.82) is 5.26 Å². The van der Waals surface area contributed by atoms with E-state index < -0.39 is 0 Å². The van der Waals surface area contributed by atoms with Crippen LogP contribution in [0, 0.1) is 11.3 Å². The van der Waals surface area contributed by atoms with Gasteiger partial charge in [0.2, 0.25) is 5.91 Å². The van der Waals surface area contributed by atoms with Crippen LogP contribution in [0.1, 0.15) is 17.5 Å². The van der Waals surface area contributed by atoms with Gasteiger partial charge in [-0.25, -0.2) is 4.98 Å². The first kappa shape index (κ1) is 27.2. The lowest BCUT2D eigenvalue weighted by molar-refractivity contribution is -0.125. The number of amidine groups is 1. The van der Waals surface area contributed by atoms with Gasteiger partial charge in [-0.05, 0) is 44.8 Å². The largest absolute Gasteiger partial charge is 0.457 e. The van der Waals surface area contributed by atoms with E-state index in [-0.39, 0.29) is 29.2 Å². The highest BCUT2D eigenvalue weighted by Gasteiger charge is 2.26. The first-order valence-electron chi connectivity index (χ1n) is 12.5. The fourth-order valence-electron chi connectivity index (χ4n) is 4.07. The van der Waals surface area contributed by atoms with Crippen LogP contribution in [0.15, 0.2) is 77.9 Å². The highest BCUT2D eigenvalue weighted by atomic mass is 16.5. The van der Waals surface area contributed by atoms with Gasteiger partial charge in [-0.2, -0.15) is 5.26 Å². The molecule has 39 heavy (non-hydrogen) atoms. The minimum atomic E-state index is -0.187. The van der Waals surface area contributed by atoms with E-state index in [4.69, 9.17) is 20.9 Å². The Morgan fingerprint density at radius 1 is 1.18 bits per heavy atom. The molecule has 10 nitrogen and oxygen atoms in total. The van der Waals surface area contributed by atoms with Crippen LogP contribution in [0.2, 0.25) is 0 Å². The Bertz CT molecular complexity index is 1410. The molecule has 4 N–H and O–H groups in total. The number of benzene rings is 2. The number of nitriles is 1. The van der Waals surface area contributed by atoms with Gasteiger partial charge in [0, 0.05) is 44.0 Å². The average molecular weight is 526 g/mol. The summed E-state index contributed by atoms with van der Waals surface area (Å²) in [7, 11) is 3.88. The summed E-state index contributed by atoms with van der Waals surface area (Å²) in [5.41, 5.74) is 13.2. The zero-order valence-electron chi connectivity index (χ0n) is 21.9. The number of hydrogen-bond donors (Lipinski definition) is 2. The molecule has 3 aromatic rings. The highest BCUT2D eigenvalue weighted by molar-refractivity contribution is 6.04. The summed E-state index contributed by atoms with van der Waals surface area (Å²) >= 11 is 0. The number of aliphatic imine (C=N–C) groups is 1. The summed E-state index contributed by atoms with van der Waals surface area (Å²) in [5, 5.41) is 9.75. The minimum Gasteiger partial charge on any atom is -0.457 e. The maximum atomic E-state index is 12.5. The molecule has 1 aliphatic rings. The lowest BCUT2D eigenvalue weighted by Gasteiger charge is -2.16. The van der Waals surface area contributed by atoms with Gasteiger partial charge in [-0.3, -0.25) is 9.79 Å². The number of nitrogens with two attached hydrogens (primary N) is 2. The lowest BCUT2D eigenvalue weighted by atomic mass is 10.1. The fourth-order valence-corrected chi connectivity index (χ4v) is 4.07. The molecule has 1 amide bonds. The maximum absolute atomic E-state index is 12.5. The zero-order valence-corrected chi connectivity index (χ0v) is 21.9. The molecule has 1 aromatic heterocycles. The maximum Gasteiger partial charge on any atom is 0.246 e. The minimum absolute atomic E-state index is 0.0539. The standard InChI is InChI=1S/C29H31N7O3/c1-35(2)15-6-9-26(37)36-16-13-21(19-36)34-29(32)27-25(12-14-33-28(27)31)39-24-11-10-23(17-20(24)18-30)38-22-7-4-3-5-8-22/h3-12,14,17,21H,13,15-16,19H2,1-2H3,(H2,31,33)(H2,32,34)/b9-6+. The van der Waals surface area contributed by atoms with Crippen LogP contribution in [-0.4, -0.2) is 66.3 Å². The number of nitrogens with zero attached hydrogens (tertiary/aromatic N) is 5. The van der Waals surface area contributed by atoms with E-state index in [0.29, 0.717) is 54.6 Å². The van der Waals surface area contributed by atoms with Crippen LogP contribution in [-0.2, 0) is 4.79 Å². The Morgan fingerprint density at radius 2 is 1.97 bits per heavy atom. The van der Waals surface area contributed by atoms with Gasteiger partial charge >= 0.3 is 0 Å². The summed E-state index contributed by atoms with van der Waals surface area (Å²) in [6.07, 6.45) is 5.59. The van der Waals surface area contributed by atoms with E-state index in [2.05, 4.69) is 16.0 Å². The molecule has 200 valence electrons. The summed E-state index contributed by atoms with van der Waals surface area (Å²) in [6, 6.07) is 17.8. The number of pyridine rings is 1. The number of nitrogen functional groups attached to an aromatic ring is 1. The highest BCUT2D eigenvalue weighted by Crippen LogP contribution is 2.33. The topological polar surface area (TPSA) is 143 Å². The lowest BCUT2D eigenvalue weighted by Crippen LogP contribution is -2.28. The second-order valence-electron chi connectivity index (χ2n) is 9.26. The Kier molecular flexibility index (Phi) is 8.76. The molecule has 1 saturated heterocycles. The normalized spacial score (nSPS) is 15.5. The van der Waals surface area contributed by atoms with Gasteiger partial charge in [0.05, 0.1) is 11.6 Å². The Hall–Kier alpha value is -4.88. The van der Waals surface area contributed by atoms with Crippen LogP contribution >= 0.6 is 0 Å². The van der Waals surface area contributed by atoms with Crippen LogP contribution in [0.25, 0.3) is 0 Å². The Labute approximate surface area is 227 Å². The molecule has 1 aliphatic heterocycles. The van der Waals surface area contributed by atoms with Gasteiger partial charge in [0.25, 0.3) is 0 Å². The summed E-state index contributed by atoms with van der Waals surface area (Å²) in [6.45, 7) is 1.72. The number of anilines is 1. The molecule has 0 spiro atoms. The van der Waals surface area contributed by atoms with E-state index >= 15 is 0 Å². The zero-order chi connectivity index (χ0) is 27.8. The average Bonchev–Trinajstić information content (AvgIpc) is 3.38. The van der Waals surface area contributed by atoms with Crippen LogP contribution in [0.3, 0.4) is 0 Å². The van der Waals surface area contributed by atoms with Crippen molar-refractivity contribution in [2.75, 3.05) is 39.5 Å². The molecule has 10 heteroatoms. The van der Waals surface area contributed by atoms with Gasteiger partial charge < -0.3 is 30.7 Å². The second kappa shape index (κ2) is 12.6. The van der Waals surface area contributed by atoms with Crippen molar-refractivity contribution in [3.05, 3.63) is 84.1 Å². The predicted molar refractivity (Wildman–Crippen MR) is 150 cm³/mol. The number of aromatic nitrogens is 1. The number of ether oxygens (including phenoxy) is 2. The monoisotopic (exact) mass is 525 g/mol. The summed E-state index contributed by atoms with van der Waals surface area (Å²) in [5.74, 6) is 2.02. The molecule has 1 unspecified atom stereocenters. The van der Waals surface area contributed by atoms with Crippen molar-refractivity contribution in [2.45, 2.75) is 12.5 Å². The van der Waals surface area contributed by atoms with E-state index in [1.54, 1.807) is 35.2 Å². The molecule has 1 fully saturated rings. The molecule has 4 rings (SSSR count). The van der Waals surface area contributed by atoms with Gasteiger partial charge in [-0.15, -0.1) is 0 Å². The number of carbonyl (C=O) groups excluding carboxylic acids is 1. The fraction of sp³-hybridized carbons (Fsp3) is 0.241. The quantitative estimate of drug-likeness (QED) is 0.245. The number of rotatable bonds is 9. The molecule has 0 saturated carbocycles. The van der Waals surface area contributed by atoms with E-state index in [0.717, 1.165) is 0 Å². The number of amides is 1. The van der Waals surface area contributed by atoms with Crippen LogP contribution < -0.4 is 20.9 Å². The number of likely N-dealkylation sites (tertiary alicyclic amines) is 1. The molecule has 0 aliphatic carbocycles. The SMILES string of the molecule is CN(C)C/C=C/C(=O)N1CCC(N=C(N)c2c(Oc3ccc(Oc4ccccc4)cc3C#N)ccnc2N)C1. The molecular weight excluding hydrogens is 494 g/mol. The third kappa shape index (κ3) is 7.12. The molecular formula is C29H31N7O3. The van der Waals surface area contributed by atoms with Crippen molar-refractivity contribution in [3.63, 3.8) is 0 Å². The van der Waals surface area contributed by atoms with Crippen molar-refractivity contribution >= 4 is 17.6 Å². The van der Waals surface area contributed by atoms with Crippen molar-refractivity contribution in [1.82, 2.24) is 14.8 Å². The number of likely N-dealkylation sites (N-methyl/N-ethyl adjacent to an activating group) is 1. The summed E-state index contributed by atoms with van der Waals surface area (Å²) in [4.78, 5) is 25.0. The Morgan fingerprint density at radius 3 is 2.72 bits per heavy atom. The van der Waals surface area contributed by atoms with Crippen LogP contribution in [0.4, 0.5) is 5.82 Å². The molecule has 0 radical (unpaired) electrons. The van der Waals surface area contributed by atoms with E-state index in [9.17, 15) is 10.1 Å². The number of hydrogen-bond acceptors (Lipinski definition) is 8. The van der Waals surface area contributed by atoms with Crippen molar-refractivity contribution < 1.29 is 14.3 Å². The van der Waals surface area contributed by atoms with Crippen molar-refractivity contribution in [2.24, 2.45) is 10.7 Å². The van der Waals surface area contributed by atoms with Gasteiger partial charge in [-0.1, -0.05) is 24.3 Å². The second-order valence-corrected chi connectivity index (χ2v) is 9.26. The third-order valence-electron chi connectivity index (χ3n) is 6.00. The van der Waals surface area contributed by atoms with E-state index in [1.165, 1.54) is 6.20 Å². The van der Waals surface area contributed by atoms with Gasteiger partial charge in [0.15, 0.2) is 0 Å². The summed E-state index contributed by atoms with van der Waals surface area (Å²) < 4.78 is 11.9.